The lowest BCUT2D eigenvalue weighted by Gasteiger charge is -2.38. The lowest BCUT2D eigenvalue weighted by Crippen LogP contribution is -2.44. The number of carbonyl (C=O) groups is 1. The zero-order valence-corrected chi connectivity index (χ0v) is 15.0. The van der Waals surface area contributed by atoms with Crippen LogP contribution in [0.2, 0.25) is 0 Å². The number of hydrogen-bond acceptors (Lipinski definition) is 4. The second kappa shape index (κ2) is 7.64. The zero-order valence-electron chi connectivity index (χ0n) is 13.4. The number of para-hydroxylation sites is 2. The van der Waals surface area contributed by atoms with Crippen LogP contribution in [-0.4, -0.2) is 47.0 Å². The molecule has 2 aliphatic heterocycles. The van der Waals surface area contributed by atoms with E-state index in [0.29, 0.717) is 11.1 Å². The molecule has 2 aliphatic rings. The summed E-state index contributed by atoms with van der Waals surface area (Å²) in [6.45, 7) is 3.87. The molecule has 24 heavy (non-hydrogen) atoms. The number of piperidine rings is 1. The molecule has 130 valence electrons. The molecule has 3 heterocycles. The van der Waals surface area contributed by atoms with Gasteiger partial charge in [0.05, 0.1) is 17.2 Å². The Labute approximate surface area is 154 Å². The van der Waals surface area contributed by atoms with Crippen molar-refractivity contribution in [1.29, 1.82) is 0 Å². The van der Waals surface area contributed by atoms with Gasteiger partial charge in [0.25, 0.3) is 5.91 Å². The summed E-state index contributed by atoms with van der Waals surface area (Å²) in [5.41, 5.74) is 2.49. The minimum atomic E-state index is 0. The molecule has 0 bridgehead atoms. The average Bonchev–Trinajstić information content (AvgIpc) is 3.02. The van der Waals surface area contributed by atoms with Gasteiger partial charge in [-0.1, -0.05) is 12.1 Å². The molecule has 4 rings (SSSR count). The number of rotatable bonds is 1. The minimum absolute atomic E-state index is 0. The number of nitrogens with one attached hydrogen (secondary N) is 1. The monoisotopic (exact) mass is 368 g/mol. The Bertz CT molecular complexity index is 709. The Morgan fingerprint density at radius 3 is 2.46 bits per heavy atom. The van der Waals surface area contributed by atoms with Gasteiger partial charge in [0.1, 0.15) is 5.69 Å². The van der Waals surface area contributed by atoms with Crippen LogP contribution in [0.15, 0.2) is 30.5 Å². The Morgan fingerprint density at radius 2 is 1.79 bits per heavy atom. The van der Waals surface area contributed by atoms with E-state index in [2.05, 4.69) is 15.3 Å². The van der Waals surface area contributed by atoms with Crippen molar-refractivity contribution < 1.29 is 4.79 Å². The van der Waals surface area contributed by atoms with Gasteiger partial charge in [-0.25, -0.2) is 4.98 Å². The SMILES string of the molecule is Cl.Cl.O=C(c1cnc2ccccc2n1)N1CCC2(CCNC2)CC1. The third-order valence-corrected chi connectivity index (χ3v) is 5.11. The van der Waals surface area contributed by atoms with E-state index in [1.54, 1.807) is 6.20 Å². The average molecular weight is 369 g/mol. The minimum Gasteiger partial charge on any atom is -0.337 e. The first kappa shape index (κ1) is 18.9. The highest BCUT2D eigenvalue weighted by molar-refractivity contribution is 5.93. The van der Waals surface area contributed by atoms with Crippen molar-refractivity contribution in [3.63, 3.8) is 0 Å². The van der Waals surface area contributed by atoms with E-state index in [9.17, 15) is 4.79 Å². The normalized spacial score (nSPS) is 18.9. The molecule has 5 nitrogen and oxygen atoms in total. The number of aromatic nitrogens is 2. The Kier molecular flexibility index (Phi) is 6.01. The topological polar surface area (TPSA) is 58.1 Å². The summed E-state index contributed by atoms with van der Waals surface area (Å²) in [5, 5.41) is 3.45. The van der Waals surface area contributed by atoms with Gasteiger partial charge >= 0.3 is 0 Å². The number of nitrogens with zero attached hydrogens (tertiary/aromatic N) is 3. The van der Waals surface area contributed by atoms with Crippen LogP contribution >= 0.6 is 24.8 Å². The van der Waals surface area contributed by atoms with Gasteiger partial charge in [-0.05, 0) is 43.4 Å². The smallest absolute Gasteiger partial charge is 0.274 e. The van der Waals surface area contributed by atoms with Crippen LogP contribution in [0.25, 0.3) is 11.0 Å². The maximum Gasteiger partial charge on any atom is 0.274 e. The maximum absolute atomic E-state index is 12.7. The number of fused-ring (bicyclic) bond motifs is 1. The predicted octanol–water partition coefficient (Wildman–Crippen LogP) is 2.69. The lowest BCUT2D eigenvalue weighted by atomic mass is 9.78. The largest absolute Gasteiger partial charge is 0.337 e. The van der Waals surface area contributed by atoms with Crippen molar-refractivity contribution in [3.8, 4) is 0 Å². The summed E-state index contributed by atoms with van der Waals surface area (Å²) in [6.07, 6.45) is 5.02. The van der Waals surface area contributed by atoms with E-state index in [1.165, 1.54) is 6.42 Å². The molecular formula is C17H22Cl2N4O. The number of hydrogen-bond donors (Lipinski definition) is 1. The third-order valence-electron chi connectivity index (χ3n) is 5.11. The highest BCUT2D eigenvalue weighted by atomic mass is 35.5. The maximum atomic E-state index is 12.7. The Balaban J connectivity index is 0.00000104. The molecule has 0 saturated carbocycles. The quantitative estimate of drug-likeness (QED) is 0.840. The van der Waals surface area contributed by atoms with E-state index < -0.39 is 0 Å². The second-order valence-electron chi connectivity index (χ2n) is 6.46. The first-order chi connectivity index (χ1) is 10.8. The fourth-order valence-corrected chi connectivity index (χ4v) is 3.63. The first-order valence-electron chi connectivity index (χ1n) is 7.98. The number of carbonyl (C=O) groups excluding carboxylic acids is 1. The van der Waals surface area contributed by atoms with Crippen LogP contribution in [0.3, 0.4) is 0 Å². The molecule has 1 amide bonds. The summed E-state index contributed by atoms with van der Waals surface area (Å²) in [4.78, 5) is 23.4. The van der Waals surface area contributed by atoms with Gasteiger partial charge < -0.3 is 10.2 Å². The molecule has 0 radical (unpaired) electrons. The Morgan fingerprint density at radius 1 is 1.08 bits per heavy atom. The molecule has 0 unspecified atom stereocenters. The van der Waals surface area contributed by atoms with Crippen molar-refractivity contribution >= 4 is 41.8 Å². The van der Waals surface area contributed by atoms with E-state index in [-0.39, 0.29) is 30.7 Å². The highest BCUT2D eigenvalue weighted by Crippen LogP contribution is 2.37. The summed E-state index contributed by atoms with van der Waals surface area (Å²) in [7, 11) is 0. The number of amides is 1. The zero-order chi connectivity index (χ0) is 15.0. The molecule has 0 aliphatic carbocycles. The van der Waals surface area contributed by atoms with Crippen LogP contribution in [0.5, 0.6) is 0 Å². The van der Waals surface area contributed by atoms with Crippen molar-refractivity contribution in [2.24, 2.45) is 5.41 Å². The fraction of sp³-hybridized carbons (Fsp3) is 0.471. The molecule has 2 aromatic rings. The molecule has 1 spiro atoms. The van der Waals surface area contributed by atoms with Gasteiger partial charge in [-0.15, -0.1) is 24.8 Å². The van der Waals surface area contributed by atoms with Crippen molar-refractivity contribution in [3.05, 3.63) is 36.2 Å². The van der Waals surface area contributed by atoms with E-state index in [4.69, 9.17) is 0 Å². The van der Waals surface area contributed by atoms with Gasteiger partial charge in [0.2, 0.25) is 0 Å². The number of likely N-dealkylation sites (tertiary alicyclic amines) is 1. The van der Waals surface area contributed by atoms with Crippen molar-refractivity contribution in [2.45, 2.75) is 19.3 Å². The molecule has 2 fully saturated rings. The molecule has 1 aromatic heterocycles. The molecule has 0 atom stereocenters. The van der Waals surface area contributed by atoms with Crippen LogP contribution in [0, 0.1) is 5.41 Å². The first-order valence-corrected chi connectivity index (χ1v) is 7.98. The Hall–Kier alpha value is -1.43. The number of benzene rings is 1. The van der Waals surface area contributed by atoms with Gasteiger partial charge in [-0.3, -0.25) is 9.78 Å². The van der Waals surface area contributed by atoms with E-state index in [1.807, 2.05) is 29.2 Å². The van der Waals surface area contributed by atoms with E-state index >= 15 is 0 Å². The van der Waals surface area contributed by atoms with Crippen LogP contribution < -0.4 is 5.32 Å². The molecule has 1 N–H and O–H groups in total. The highest BCUT2D eigenvalue weighted by Gasteiger charge is 2.38. The summed E-state index contributed by atoms with van der Waals surface area (Å²) < 4.78 is 0. The molecule has 1 aromatic carbocycles. The van der Waals surface area contributed by atoms with Gasteiger partial charge in [-0.2, -0.15) is 0 Å². The van der Waals surface area contributed by atoms with Crippen LogP contribution in [0.1, 0.15) is 29.8 Å². The molecule has 7 heteroatoms. The second-order valence-corrected chi connectivity index (χ2v) is 6.46. The summed E-state index contributed by atoms with van der Waals surface area (Å²) in [5.74, 6) is 0.0130. The number of halogens is 2. The molecular weight excluding hydrogens is 347 g/mol. The fourth-order valence-electron chi connectivity index (χ4n) is 3.63. The van der Waals surface area contributed by atoms with Crippen LogP contribution in [0.4, 0.5) is 0 Å². The standard InChI is InChI=1S/C17H20N4O.2ClH/c22-16(15-11-19-13-3-1-2-4-14(13)20-15)21-9-6-17(7-10-21)5-8-18-12-17;;/h1-4,11,18H,5-10,12H2;2*1H. The lowest BCUT2D eigenvalue weighted by molar-refractivity contribution is 0.0602. The summed E-state index contributed by atoms with van der Waals surface area (Å²) >= 11 is 0. The predicted molar refractivity (Wildman–Crippen MR) is 99.1 cm³/mol. The summed E-state index contributed by atoms with van der Waals surface area (Å²) in [6, 6.07) is 7.66. The van der Waals surface area contributed by atoms with Crippen molar-refractivity contribution in [1.82, 2.24) is 20.2 Å². The van der Waals surface area contributed by atoms with Gasteiger partial charge in [0, 0.05) is 19.6 Å². The van der Waals surface area contributed by atoms with Crippen LogP contribution in [-0.2, 0) is 0 Å². The van der Waals surface area contributed by atoms with Gasteiger partial charge in [0.15, 0.2) is 0 Å². The molecule has 2 saturated heterocycles. The van der Waals surface area contributed by atoms with Crippen molar-refractivity contribution in [2.75, 3.05) is 26.2 Å². The third kappa shape index (κ3) is 3.48. The van der Waals surface area contributed by atoms with E-state index in [0.717, 1.165) is 50.1 Å².